The van der Waals surface area contributed by atoms with E-state index in [9.17, 15) is 5.11 Å². The van der Waals surface area contributed by atoms with Crippen LogP contribution in [0.2, 0.25) is 0 Å². The first-order valence-corrected chi connectivity index (χ1v) is 6.40. The molecule has 0 heterocycles. The van der Waals surface area contributed by atoms with E-state index in [-0.39, 0.29) is 6.10 Å². The highest BCUT2D eigenvalue weighted by Gasteiger charge is 2.23. The Bertz CT molecular complexity index is 330. The van der Waals surface area contributed by atoms with Gasteiger partial charge < -0.3 is 5.11 Å². The van der Waals surface area contributed by atoms with Gasteiger partial charge in [-0.3, -0.25) is 0 Å². The fraction of sp³-hybridized carbons (Fsp3) is 0.600. The lowest BCUT2D eigenvalue weighted by Gasteiger charge is -2.18. The summed E-state index contributed by atoms with van der Waals surface area (Å²) >= 11 is 0. The lowest BCUT2D eigenvalue weighted by molar-refractivity contribution is 0.111. The van der Waals surface area contributed by atoms with Crippen molar-refractivity contribution in [1.29, 1.82) is 0 Å². The molecule has 1 heteroatoms. The fourth-order valence-corrected chi connectivity index (χ4v) is 2.94. The molecular formula is C15H22O. The Kier molecular flexibility index (Phi) is 3.65. The molecule has 1 aromatic rings. The van der Waals surface area contributed by atoms with Crippen LogP contribution in [-0.4, -0.2) is 11.2 Å². The molecule has 0 saturated heterocycles. The molecule has 1 nitrogen and oxygen atoms in total. The number of aliphatic hydroxyl groups is 1. The molecule has 1 unspecified atom stereocenters. The minimum atomic E-state index is -0.135. The predicted molar refractivity (Wildman–Crippen MR) is 67.6 cm³/mol. The average Bonchev–Trinajstić information content (AvgIpc) is 2.68. The van der Waals surface area contributed by atoms with Gasteiger partial charge in [0.15, 0.2) is 0 Å². The molecule has 0 spiro atoms. The van der Waals surface area contributed by atoms with Crippen LogP contribution in [0.15, 0.2) is 18.2 Å². The number of rotatable bonds is 3. The second kappa shape index (κ2) is 5.01. The van der Waals surface area contributed by atoms with Crippen molar-refractivity contribution in [2.75, 3.05) is 0 Å². The summed E-state index contributed by atoms with van der Waals surface area (Å²) in [6, 6.07) is 6.59. The van der Waals surface area contributed by atoms with Crippen molar-refractivity contribution in [3.8, 4) is 0 Å². The minimum Gasteiger partial charge on any atom is -0.392 e. The molecule has 0 radical (unpaired) electrons. The zero-order valence-electron chi connectivity index (χ0n) is 10.4. The Balaban J connectivity index is 2.02. The van der Waals surface area contributed by atoms with E-state index in [4.69, 9.17) is 0 Å². The van der Waals surface area contributed by atoms with Crippen LogP contribution in [0.3, 0.4) is 0 Å². The third kappa shape index (κ3) is 2.85. The summed E-state index contributed by atoms with van der Waals surface area (Å²) in [4.78, 5) is 0. The van der Waals surface area contributed by atoms with Gasteiger partial charge >= 0.3 is 0 Å². The first kappa shape index (κ1) is 11.7. The van der Waals surface area contributed by atoms with Gasteiger partial charge in [0.2, 0.25) is 0 Å². The van der Waals surface area contributed by atoms with Crippen molar-refractivity contribution < 1.29 is 5.11 Å². The van der Waals surface area contributed by atoms with E-state index in [0.29, 0.717) is 5.92 Å². The summed E-state index contributed by atoms with van der Waals surface area (Å²) in [7, 11) is 0. The van der Waals surface area contributed by atoms with Crippen LogP contribution in [0, 0.1) is 19.8 Å². The molecule has 1 saturated carbocycles. The van der Waals surface area contributed by atoms with Crippen LogP contribution in [0.1, 0.15) is 42.4 Å². The van der Waals surface area contributed by atoms with Gasteiger partial charge in [0, 0.05) is 0 Å². The van der Waals surface area contributed by atoms with Crippen molar-refractivity contribution in [1.82, 2.24) is 0 Å². The van der Waals surface area contributed by atoms with Gasteiger partial charge in [0.1, 0.15) is 0 Å². The van der Waals surface area contributed by atoms with Gasteiger partial charge in [-0.1, -0.05) is 42.2 Å². The van der Waals surface area contributed by atoms with E-state index >= 15 is 0 Å². The van der Waals surface area contributed by atoms with Crippen molar-refractivity contribution in [3.63, 3.8) is 0 Å². The Labute approximate surface area is 98.5 Å². The molecule has 1 aliphatic rings. The van der Waals surface area contributed by atoms with Crippen LogP contribution >= 0.6 is 0 Å². The van der Waals surface area contributed by atoms with Gasteiger partial charge in [0.05, 0.1) is 6.10 Å². The number of aryl methyl sites for hydroxylation is 2. The highest BCUT2D eigenvalue weighted by molar-refractivity contribution is 5.29. The average molecular weight is 218 g/mol. The van der Waals surface area contributed by atoms with Crippen LogP contribution in [0.25, 0.3) is 0 Å². The Hall–Kier alpha value is -0.820. The molecule has 1 fully saturated rings. The van der Waals surface area contributed by atoms with Crippen LogP contribution in [0.4, 0.5) is 0 Å². The van der Waals surface area contributed by atoms with Crippen molar-refractivity contribution in [2.45, 2.75) is 52.1 Å². The van der Waals surface area contributed by atoms with E-state index in [0.717, 1.165) is 6.42 Å². The zero-order valence-corrected chi connectivity index (χ0v) is 10.4. The standard InChI is InChI=1S/C15H22O/c1-11-7-12(2)9-13(8-11)10-15(16)14-5-3-4-6-14/h7-9,14-16H,3-6,10H2,1-2H3. The van der Waals surface area contributed by atoms with Crippen molar-refractivity contribution in [3.05, 3.63) is 34.9 Å². The molecule has 2 rings (SSSR count). The zero-order chi connectivity index (χ0) is 11.5. The van der Waals surface area contributed by atoms with Gasteiger partial charge in [-0.15, -0.1) is 0 Å². The van der Waals surface area contributed by atoms with E-state index < -0.39 is 0 Å². The molecule has 1 N–H and O–H groups in total. The topological polar surface area (TPSA) is 20.2 Å². The molecule has 0 aliphatic heterocycles. The van der Waals surface area contributed by atoms with E-state index in [1.165, 1.54) is 42.4 Å². The second-order valence-corrected chi connectivity index (χ2v) is 5.31. The summed E-state index contributed by atoms with van der Waals surface area (Å²) in [5.41, 5.74) is 3.89. The number of hydrogen-bond acceptors (Lipinski definition) is 1. The van der Waals surface area contributed by atoms with Crippen molar-refractivity contribution in [2.24, 2.45) is 5.92 Å². The Morgan fingerprint density at radius 3 is 2.25 bits per heavy atom. The van der Waals surface area contributed by atoms with E-state index in [2.05, 4.69) is 32.0 Å². The molecule has 88 valence electrons. The Morgan fingerprint density at radius 2 is 1.69 bits per heavy atom. The third-order valence-corrected chi connectivity index (χ3v) is 3.67. The maximum atomic E-state index is 10.2. The molecule has 0 bridgehead atoms. The summed E-state index contributed by atoms with van der Waals surface area (Å²) in [6.07, 6.45) is 5.72. The quantitative estimate of drug-likeness (QED) is 0.824. The Morgan fingerprint density at radius 1 is 1.12 bits per heavy atom. The minimum absolute atomic E-state index is 0.135. The molecule has 1 atom stereocenters. The summed E-state index contributed by atoms with van der Waals surface area (Å²) in [5.74, 6) is 0.542. The summed E-state index contributed by atoms with van der Waals surface area (Å²) in [5, 5.41) is 10.2. The molecule has 1 aromatic carbocycles. The van der Waals surface area contributed by atoms with E-state index in [1.54, 1.807) is 0 Å². The summed E-state index contributed by atoms with van der Waals surface area (Å²) in [6.45, 7) is 4.25. The number of aliphatic hydroxyl groups excluding tert-OH is 1. The highest BCUT2D eigenvalue weighted by Crippen LogP contribution is 2.29. The largest absolute Gasteiger partial charge is 0.392 e. The molecule has 1 aliphatic carbocycles. The monoisotopic (exact) mass is 218 g/mol. The lowest BCUT2D eigenvalue weighted by Crippen LogP contribution is -2.20. The van der Waals surface area contributed by atoms with Gasteiger partial charge in [-0.05, 0) is 44.6 Å². The predicted octanol–water partition coefficient (Wildman–Crippen LogP) is 3.40. The van der Waals surface area contributed by atoms with Gasteiger partial charge in [0.25, 0.3) is 0 Å². The maximum absolute atomic E-state index is 10.2. The first-order valence-electron chi connectivity index (χ1n) is 6.40. The highest BCUT2D eigenvalue weighted by atomic mass is 16.3. The maximum Gasteiger partial charge on any atom is 0.0608 e. The lowest BCUT2D eigenvalue weighted by atomic mass is 9.93. The van der Waals surface area contributed by atoms with Gasteiger partial charge in [-0.25, -0.2) is 0 Å². The first-order chi connectivity index (χ1) is 7.65. The normalized spacial score (nSPS) is 18.9. The fourth-order valence-electron chi connectivity index (χ4n) is 2.94. The smallest absolute Gasteiger partial charge is 0.0608 e. The van der Waals surface area contributed by atoms with Gasteiger partial charge in [-0.2, -0.15) is 0 Å². The van der Waals surface area contributed by atoms with Crippen molar-refractivity contribution >= 4 is 0 Å². The second-order valence-electron chi connectivity index (χ2n) is 5.31. The summed E-state index contributed by atoms with van der Waals surface area (Å²) < 4.78 is 0. The number of hydrogen-bond donors (Lipinski definition) is 1. The van der Waals surface area contributed by atoms with Crippen LogP contribution < -0.4 is 0 Å². The molecule has 16 heavy (non-hydrogen) atoms. The van der Waals surface area contributed by atoms with Crippen LogP contribution in [0.5, 0.6) is 0 Å². The number of benzene rings is 1. The van der Waals surface area contributed by atoms with Crippen LogP contribution in [-0.2, 0) is 6.42 Å². The molecule has 0 aromatic heterocycles. The molecular weight excluding hydrogens is 196 g/mol. The SMILES string of the molecule is Cc1cc(C)cc(CC(O)C2CCCC2)c1. The molecule has 0 amide bonds. The third-order valence-electron chi connectivity index (χ3n) is 3.67. The van der Waals surface area contributed by atoms with E-state index in [1.807, 2.05) is 0 Å².